The lowest BCUT2D eigenvalue weighted by Gasteiger charge is -2.37. The second-order valence-electron chi connectivity index (χ2n) is 6.95. The van der Waals surface area contributed by atoms with E-state index in [2.05, 4.69) is 17.1 Å². The summed E-state index contributed by atoms with van der Waals surface area (Å²) in [6, 6.07) is 0.533. The summed E-state index contributed by atoms with van der Waals surface area (Å²) < 4.78 is 5.07. The number of nitrogens with one attached hydrogen (secondary N) is 1. The highest BCUT2D eigenvalue weighted by atomic mass is 16.5. The van der Waals surface area contributed by atoms with Crippen LogP contribution in [0.2, 0.25) is 0 Å². The van der Waals surface area contributed by atoms with Crippen LogP contribution in [0.25, 0.3) is 0 Å². The molecule has 122 valence electrons. The second-order valence-corrected chi connectivity index (χ2v) is 6.95. The van der Waals surface area contributed by atoms with Gasteiger partial charge in [0.1, 0.15) is 0 Å². The van der Waals surface area contributed by atoms with Crippen molar-refractivity contribution in [3.05, 3.63) is 0 Å². The number of nitrogens with zero attached hydrogens (tertiary/aromatic N) is 1. The van der Waals surface area contributed by atoms with Gasteiger partial charge in [0.15, 0.2) is 0 Å². The summed E-state index contributed by atoms with van der Waals surface area (Å²) in [5.41, 5.74) is 0. The number of carbonyl (C=O) groups excluding carboxylic acids is 1. The summed E-state index contributed by atoms with van der Waals surface area (Å²) in [4.78, 5) is 13.9. The molecule has 2 rings (SSSR count). The van der Waals surface area contributed by atoms with Crippen LogP contribution in [0.1, 0.15) is 52.4 Å². The monoisotopic (exact) mass is 296 g/mol. The van der Waals surface area contributed by atoms with E-state index in [1.54, 1.807) is 0 Å². The molecule has 0 bridgehead atoms. The maximum absolute atomic E-state index is 11.6. The van der Waals surface area contributed by atoms with E-state index in [-0.39, 0.29) is 5.97 Å². The van der Waals surface area contributed by atoms with Crippen LogP contribution in [-0.4, -0.2) is 49.7 Å². The molecule has 1 aliphatic carbocycles. The number of piperidine rings is 1. The van der Waals surface area contributed by atoms with Crippen LogP contribution in [0.4, 0.5) is 0 Å². The molecule has 21 heavy (non-hydrogen) atoms. The lowest BCUT2D eigenvalue weighted by Crippen LogP contribution is -2.51. The van der Waals surface area contributed by atoms with Crippen molar-refractivity contribution in [3.63, 3.8) is 0 Å². The smallest absolute Gasteiger partial charge is 0.320 e. The topological polar surface area (TPSA) is 41.6 Å². The normalized spacial score (nSPS) is 28.5. The molecule has 1 saturated heterocycles. The third-order valence-electron chi connectivity index (χ3n) is 4.81. The number of hydrogen-bond acceptors (Lipinski definition) is 4. The highest BCUT2D eigenvalue weighted by molar-refractivity contribution is 5.71. The molecular formula is C17H32N2O2. The van der Waals surface area contributed by atoms with Crippen molar-refractivity contribution >= 4 is 5.97 Å². The Bertz CT molecular complexity index is 316. The standard InChI is InChI=1S/C17H32N2O2/c1-3-21-17(20)13-19-11-14(2)9-16(12-19)18-10-15-7-5-4-6-8-15/h14-16,18H,3-13H2,1-2H3. The van der Waals surface area contributed by atoms with Gasteiger partial charge in [0.25, 0.3) is 0 Å². The first-order chi connectivity index (χ1) is 10.2. The third-order valence-corrected chi connectivity index (χ3v) is 4.81. The number of ether oxygens (including phenoxy) is 1. The van der Waals surface area contributed by atoms with E-state index in [0.717, 1.165) is 25.6 Å². The van der Waals surface area contributed by atoms with Gasteiger partial charge >= 0.3 is 5.97 Å². The minimum absolute atomic E-state index is 0.0855. The van der Waals surface area contributed by atoms with Gasteiger partial charge < -0.3 is 10.1 Å². The van der Waals surface area contributed by atoms with E-state index in [0.29, 0.717) is 25.1 Å². The van der Waals surface area contributed by atoms with Gasteiger partial charge in [-0.15, -0.1) is 0 Å². The number of esters is 1. The Hall–Kier alpha value is -0.610. The van der Waals surface area contributed by atoms with Crippen LogP contribution in [-0.2, 0) is 9.53 Å². The summed E-state index contributed by atoms with van der Waals surface area (Å²) in [5, 5.41) is 3.76. The fraction of sp³-hybridized carbons (Fsp3) is 0.941. The first kappa shape index (κ1) is 16.8. The summed E-state index contributed by atoms with van der Waals surface area (Å²) >= 11 is 0. The SMILES string of the molecule is CCOC(=O)CN1CC(C)CC(NCC2CCCCC2)C1. The van der Waals surface area contributed by atoms with Gasteiger partial charge in [-0.05, 0) is 44.6 Å². The Balaban J connectivity index is 1.73. The van der Waals surface area contributed by atoms with Gasteiger partial charge in [0, 0.05) is 19.1 Å². The maximum atomic E-state index is 11.6. The molecule has 2 atom stereocenters. The van der Waals surface area contributed by atoms with Gasteiger partial charge in [-0.2, -0.15) is 0 Å². The van der Waals surface area contributed by atoms with Crippen molar-refractivity contribution in [1.29, 1.82) is 0 Å². The minimum Gasteiger partial charge on any atom is -0.465 e. The molecular weight excluding hydrogens is 264 g/mol. The van der Waals surface area contributed by atoms with Crippen molar-refractivity contribution in [1.82, 2.24) is 10.2 Å². The fourth-order valence-electron chi connectivity index (χ4n) is 3.85. The molecule has 0 aromatic rings. The Morgan fingerprint density at radius 3 is 2.71 bits per heavy atom. The maximum Gasteiger partial charge on any atom is 0.320 e. The largest absolute Gasteiger partial charge is 0.465 e. The van der Waals surface area contributed by atoms with E-state index in [4.69, 9.17) is 4.74 Å². The third kappa shape index (κ3) is 5.95. The molecule has 1 N–H and O–H groups in total. The average molecular weight is 296 g/mol. The van der Waals surface area contributed by atoms with Gasteiger partial charge in [-0.1, -0.05) is 26.2 Å². The van der Waals surface area contributed by atoms with Crippen molar-refractivity contribution in [2.75, 3.05) is 32.8 Å². The summed E-state index contributed by atoms with van der Waals surface area (Å²) in [5.74, 6) is 1.43. The predicted molar refractivity (Wildman–Crippen MR) is 85.2 cm³/mol. The molecule has 1 aliphatic heterocycles. The molecule has 2 fully saturated rings. The van der Waals surface area contributed by atoms with E-state index < -0.39 is 0 Å². The number of rotatable bonds is 6. The number of hydrogen-bond donors (Lipinski definition) is 1. The molecule has 2 aliphatic rings. The highest BCUT2D eigenvalue weighted by Gasteiger charge is 2.26. The summed E-state index contributed by atoms with van der Waals surface area (Å²) in [6.07, 6.45) is 8.24. The lowest BCUT2D eigenvalue weighted by atomic mass is 9.88. The predicted octanol–water partition coefficient (Wildman–Crippen LogP) is 2.43. The van der Waals surface area contributed by atoms with Gasteiger partial charge in [-0.3, -0.25) is 9.69 Å². The van der Waals surface area contributed by atoms with Crippen LogP contribution in [0.3, 0.4) is 0 Å². The van der Waals surface area contributed by atoms with Crippen molar-refractivity contribution in [2.24, 2.45) is 11.8 Å². The zero-order valence-corrected chi connectivity index (χ0v) is 13.8. The molecule has 0 aromatic heterocycles. The zero-order chi connectivity index (χ0) is 15.1. The molecule has 1 heterocycles. The van der Waals surface area contributed by atoms with Crippen LogP contribution in [0.15, 0.2) is 0 Å². The van der Waals surface area contributed by atoms with Crippen molar-refractivity contribution < 1.29 is 9.53 Å². The van der Waals surface area contributed by atoms with E-state index >= 15 is 0 Å². The Labute approximate surface area is 129 Å². The van der Waals surface area contributed by atoms with Gasteiger partial charge in [-0.25, -0.2) is 0 Å². The fourth-order valence-corrected chi connectivity index (χ4v) is 3.85. The van der Waals surface area contributed by atoms with Crippen LogP contribution < -0.4 is 5.32 Å². The first-order valence-corrected chi connectivity index (χ1v) is 8.78. The molecule has 0 radical (unpaired) electrons. The number of carbonyl (C=O) groups is 1. The summed E-state index contributed by atoms with van der Waals surface area (Å²) in [6.45, 7) is 8.23. The summed E-state index contributed by atoms with van der Waals surface area (Å²) in [7, 11) is 0. The highest BCUT2D eigenvalue weighted by Crippen LogP contribution is 2.23. The van der Waals surface area contributed by atoms with Crippen LogP contribution >= 0.6 is 0 Å². The van der Waals surface area contributed by atoms with Crippen molar-refractivity contribution in [3.8, 4) is 0 Å². The molecule has 0 aromatic carbocycles. The Kier molecular flexibility index (Phi) is 6.97. The average Bonchev–Trinajstić information content (AvgIpc) is 2.46. The van der Waals surface area contributed by atoms with E-state index in [1.165, 1.54) is 38.5 Å². The molecule has 4 heteroatoms. The molecule has 2 unspecified atom stereocenters. The quantitative estimate of drug-likeness (QED) is 0.764. The molecule has 1 saturated carbocycles. The molecule has 0 spiro atoms. The second kappa shape index (κ2) is 8.74. The van der Waals surface area contributed by atoms with Gasteiger partial charge in [0.05, 0.1) is 13.2 Å². The van der Waals surface area contributed by atoms with E-state index in [9.17, 15) is 4.79 Å². The molecule has 4 nitrogen and oxygen atoms in total. The van der Waals surface area contributed by atoms with Crippen molar-refractivity contribution in [2.45, 2.75) is 58.4 Å². The Morgan fingerprint density at radius 1 is 1.24 bits per heavy atom. The van der Waals surface area contributed by atoms with Crippen LogP contribution in [0.5, 0.6) is 0 Å². The minimum atomic E-state index is -0.0855. The Morgan fingerprint density at radius 2 is 2.00 bits per heavy atom. The number of likely N-dealkylation sites (tertiary alicyclic amines) is 1. The van der Waals surface area contributed by atoms with Crippen LogP contribution in [0, 0.1) is 11.8 Å². The lowest BCUT2D eigenvalue weighted by molar-refractivity contribution is -0.144. The van der Waals surface area contributed by atoms with Gasteiger partial charge in [0.2, 0.25) is 0 Å². The molecule has 0 amide bonds. The van der Waals surface area contributed by atoms with E-state index in [1.807, 2.05) is 6.92 Å². The first-order valence-electron chi connectivity index (χ1n) is 8.78. The zero-order valence-electron chi connectivity index (χ0n) is 13.8.